The maximum absolute atomic E-state index is 5.42. The van der Waals surface area contributed by atoms with E-state index in [-0.39, 0.29) is 5.54 Å². The number of ether oxygens (including phenoxy) is 1. The summed E-state index contributed by atoms with van der Waals surface area (Å²) >= 11 is 3.48. The molecule has 0 unspecified atom stereocenters. The number of hydrogen-bond acceptors (Lipinski definition) is 4. The molecule has 1 saturated heterocycles. The summed E-state index contributed by atoms with van der Waals surface area (Å²) in [6, 6.07) is 1.96. The standard InChI is InChI=1S/C13H18BrN3O/c1-13(4-6-18-7-5-13)17-11-8-10(14)15-12(16-11)9-2-3-9/h8-9H,2-7H2,1H3,(H,15,16,17). The van der Waals surface area contributed by atoms with Crippen LogP contribution in [0, 0.1) is 0 Å². The van der Waals surface area contributed by atoms with Crippen molar-refractivity contribution in [2.75, 3.05) is 18.5 Å². The third-order valence-electron chi connectivity index (χ3n) is 3.68. The summed E-state index contributed by atoms with van der Waals surface area (Å²) < 4.78 is 6.29. The average molecular weight is 312 g/mol. The van der Waals surface area contributed by atoms with Gasteiger partial charge in [0.2, 0.25) is 0 Å². The largest absolute Gasteiger partial charge is 0.381 e. The molecule has 4 nitrogen and oxygen atoms in total. The van der Waals surface area contributed by atoms with Gasteiger partial charge in [0.25, 0.3) is 0 Å². The zero-order valence-corrected chi connectivity index (χ0v) is 12.2. The van der Waals surface area contributed by atoms with Crippen molar-refractivity contribution in [1.29, 1.82) is 0 Å². The van der Waals surface area contributed by atoms with Gasteiger partial charge in [-0.1, -0.05) is 0 Å². The van der Waals surface area contributed by atoms with Gasteiger partial charge in [0.1, 0.15) is 16.2 Å². The normalized spacial score (nSPS) is 22.8. The van der Waals surface area contributed by atoms with E-state index in [9.17, 15) is 0 Å². The molecule has 0 bridgehead atoms. The molecule has 0 aromatic carbocycles. The van der Waals surface area contributed by atoms with E-state index >= 15 is 0 Å². The van der Waals surface area contributed by atoms with Gasteiger partial charge >= 0.3 is 0 Å². The van der Waals surface area contributed by atoms with E-state index in [4.69, 9.17) is 4.74 Å². The summed E-state index contributed by atoms with van der Waals surface area (Å²) in [7, 11) is 0. The van der Waals surface area contributed by atoms with Crippen molar-refractivity contribution in [3.8, 4) is 0 Å². The van der Waals surface area contributed by atoms with Crippen molar-refractivity contribution in [2.45, 2.75) is 44.1 Å². The van der Waals surface area contributed by atoms with Crippen LogP contribution < -0.4 is 5.32 Å². The molecule has 1 aromatic rings. The van der Waals surface area contributed by atoms with E-state index < -0.39 is 0 Å². The zero-order chi connectivity index (χ0) is 12.6. The first-order chi connectivity index (χ1) is 8.65. The summed E-state index contributed by atoms with van der Waals surface area (Å²) in [5.74, 6) is 2.48. The molecule has 1 N–H and O–H groups in total. The van der Waals surface area contributed by atoms with Crippen LogP contribution >= 0.6 is 15.9 Å². The zero-order valence-electron chi connectivity index (χ0n) is 10.6. The Bertz CT molecular complexity index is 442. The molecule has 1 saturated carbocycles. The third-order valence-corrected chi connectivity index (χ3v) is 4.09. The van der Waals surface area contributed by atoms with Crippen molar-refractivity contribution >= 4 is 21.7 Å². The fourth-order valence-corrected chi connectivity index (χ4v) is 2.68. The van der Waals surface area contributed by atoms with Gasteiger partial charge in [-0.25, -0.2) is 9.97 Å². The van der Waals surface area contributed by atoms with Crippen molar-refractivity contribution in [3.05, 3.63) is 16.5 Å². The Morgan fingerprint density at radius 1 is 1.33 bits per heavy atom. The summed E-state index contributed by atoms with van der Waals surface area (Å²) in [5, 5.41) is 3.56. The molecule has 0 atom stereocenters. The molecule has 1 aliphatic heterocycles. The monoisotopic (exact) mass is 311 g/mol. The molecule has 0 spiro atoms. The molecule has 0 radical (unpaired) electrons. The molecule has 1 aliphatic carbocycles. The maximum atomic E-state index is 5.42. The summed E-state index contributed by atoms with van der Waals surface area (Å²) in [4.78, 5) is 9.09. The van der Waals surface area contributed by atoms with Crippen molar-refractivity contribution < 1.29 is 4.74 Å². The second-order valence-corrected chi connectivity index (χ2v) is 6.32. The van der Waals surface area contributed by atoms with Crippen molar-refractivity contribution in [1.82, 2.24) is 9.97 Å². The summed E-state index contributed by atoms with van der Waals surface area (Å²) in [5.41, 5.74) is 0.0901. The van der Waals surface area contributed by atoms with Gasteiger partial charge in [-0.05, 0) is 48.5 Å². The maximum Gasteiger partial charge on any atom is 0.135 e. The number of nitrogens with zero attached hydrogens (tertiary/aromatic N) is 2. The second-order valence-electron chi connectivity index (χ2n) is 5.51. The highest BCUT2D eigenvalue weighted by Gasteiger charge is 2.30. The topological polar surface area (TPSA) is 47.0 Å². The molecule has 1 aromatic heterocycles. The minimum Gasteiger partial charge on any atom is -0.381 e. The van der Waals surface area contributed by atoms with Crippen LogP contribution in [0.2, 0.25) is 0 Å². The van der Waals surface area contributed by atoms with Crippen LogP contribution in [0.25, 0.3) is 0 Å². The molecule has 2 fully saturated rings. The Labute approximate surface area is 116 Å². The van der Waals surface area contributed by atoms with E-state index in [1.165, 1.54) is 12.8 Å². The van der Waals surface area contributed by atoms with Crippen LogP contribution in [0.15, 0.2) is 10.7 Å². The van der Waals surface area contributed by atoms with Gasteiger partial charge in [-0.3, -0.25) is 0 Å². The highest BCUT2D eigenvalue weighted by Crippen LogP contribution is 2.39. The molecule has 98 valence electrons. The fourth-order valence-electron chi connectivity index (χ4n) is 2.28. The van der Waals surface area contributed by atoms with E-state index in [2.05, 4.69) is 38.1 Å². The predicted molar refractivity (Wildman–Crippen MR) is 73.8 cm³/mol. The van der Waals surface area contributed by atoms with E-state index in [0.29, 0.717) is 5.92 Å². The molecule has 0 amide bonds. The van der Waals surface area contributed by atoms with Crippen molar-refractivity contribution in [2.24, 2.45) is 0 Å². The van der Waals surface area contributed by atoms with Gasteiger partial charge in [0.05, 0.1) is 0 Å². The van der Waals surface area contributed by atoms with Crippen LogP contribution in [0.1, 0.15) is 44.3 Å². The number of halogens is 1. The quantitative estimate of drug-likeness (QED) is 0.871. The van der Waals surface area contributed by atoms with Crippen LogP contribution in [0.5, 0.6) is 0 Å². The molecule has 5 heteroatoms. The Balaban J connectivity index is 1.78. The van der Waals surface area contributed by atoms with Crippen LogP contribution in [0.4, 0.5) is 5.82 Å². The number of anilines is 1. The molecular formula is C13H18BrN3O. The number of hydrogen-bond donors (Lipinski definition) is 1. The minimum absolute atomic E-state index is 0.0901. The molecule has 3 rings (SSSR count). The van der Waals surface area contributed by atoms with E-state index in [0.717, 1.165) is 42.3 Å². The minimum atomic E-state index is 0.0901. The summed E-state index contributed by atoms with van der Waals surface area (Å²) in [6.45, 7) is 3.89. The fraction of sp³-hybridized carbons (Fsp3) is 0.692. The first-order valence-corrected chi connectivity index (χ1v) is 7.34. The number of nitrogens with one attached hydrogen (secondary N) is 1. The van der Waals surface area contributed by atoms with Gasteiger partial charge in [0.15, 0.2) is 0 Å². The Hall–Kier alpha value is -0.680. The lowest BCUT2D eigenvalue weighted by Crippen LogP contribution is -2.40. The second kappa shape index (κ2) is 4.78. The Morgan fingerprint density at radius 3 is 2.72 bits per heavy atom. The molecule has 18 heavy (non-hydrogen) atoms. The van der Waals surface area contributed by atoms with Crippen LogP contribution in [-0.2, 0) is 4.74 Å². The summed E-state index contributed by atoms with van der Waals surface area (Å²) in [6.07, 6.45) is 4.49. The molecular weight excluding hydrogens is 294 g/mol. The average Bonchev–Trinajstić information content (AvgIpc) is 3.12. The van der Waals surface area contributed by atoms with Gasteiger partial charge in [-0.15, -0.1) is 0 Å². The van der Waals surface area contributed by atoms with Crippen LogP contribution in [0.3, 0.4) is 0 Å². The van der Waals surface area contributed by atoms with E-state index in [1.54, 1.807) is 0 Å². The van der Waals surface area contributed by atoms with E-state index in [1.807, 2.05) is 6.07 Å². The SMILES string of the molecule is CC1(Nc2cc(Br)nc(C3CC3)n2)CCOCC1. The predicted octanol–water partition coefficient (Wildman–Crippen LogP) is 3.10. The lowest BCUT2D eigenvalue weighted by atomic mass is 9.92. The van der Waals surface area contributed by atoms with Gasteiger partial charge in [-0.2, -0.15) is 0 Å². The van der Waals surface area contributed by atoms with Gasteiger partial charge < -0.3 is 10.1 Å². The first kappa shape index (κ1) is 12.4. The molecule has 2 heterocycles. The van der Waals surface area contributed by atoms with Crippen LogP contribution in [-0.4, -0.2) is 28.7 Å². The first-order valence-electron chi connectivity index (χ1n) is 6.55. The smallest absolute Gasteiger partial charge is 0.135 e. The Kier molecular flexibility index (Phi) is 3.28. The third kappa shape index (κ3) is 2.83. The number of rotatable bonds is 3. The highest BCUT2D eigenvalue weighted by atomic mass is 79.9. The molecule has 2 aliphatic rings. The lowest BCUT2D eigenvalue weighted by molar-refractivity contribution is 0.0657. The van der Waals surface area contributed by atoms with Gasteiger partial charge in [0, 0.05) is 30.7 Å². The highest BCUT2D eigenvalue weighted by molar-refractivity contribution is 9.10. The lowest BCUT2D eigenvalue weighted by Gasteiger charge is -2.35. The Morgan fingerprint density at radius 2 is 2.06 bits per heavy atom. The number of aromatic nitrogens is 2. The van der Waals surface area contributed by atoms with Crippen molar-refractivity contribution in [3.63, 3.8) is 0 Å².